The van der Waals surface area contributed by atoms with Crippen LogP contribution in [0, 0.1) is 11.8 Å². The Morgan fingerprint density at radius 2 is 1.54 bits per heavy atom. The van der Waals surface area contributed by atoms with Crippen LogP contribution in [0.2, 0.25) is 0 Å². The number of likely N-dealkylation sites (tertiary alicyclic amines) is 1. The molecule has 3 aliphatic heterocycles. The predicted octanol–water partition coefficient (Wildman–Crippen LogP) is 6.33. The Labute approximate surface area is 306 Å². The Kier molecular flexibility index (Phi) is 9.88. The summed E-state index contributed by atoms with van der Waals surface area (Å²) >= 11 is 0. The summed E-state index contributed by atoms with van der Waals surface area (Å²) in [5.74, 6) is -2.54. The number of hydrogen-bond acceptors (Lipinski definition) is 5. The van der Waals surface area contributed by atoms with E-state index in [1.165, 1.54) is 0 Å². The minimum atomic E-state index is -1.27. The summed E-state index contributed by atoms with van der Waals surface area (Å²) < 4.78 is 7.16. The first kappa shape index (κ1) is 35.4. The number of aliphatic hydroxyl groups is 1. The number of amides is 3. The summed E-state index contributed by atoms with van der Waals surface area (Å²) in [6, 6.07) is 31.5. The summed E-state index contributed by atoms with van der Waals surface area (Å²) in [5.41, 5.74) is 0.379. The van der Waals surface area contributed by atoms with Gasteiger partial charge in [0, 0.05) is 25.3 Å². The number of hydrogen-bond donors (Lipinski definition) is 1. The molecule has 3 fully saturated rings. The van der Waals surface area contributed by atoms with Gasteiger partial charge in [-0.2, -0.15) is 0 Å². The van der Waals surface area contributed by atoms with Crippen LogP contribution in [0.15, 0.2) is 128 Å². The lowest BCUT2D eigenvalue weighted by Gasteiger charge is -2.39. The van der Waals surface area contributed by atoms with Crippen molar-refractivity contribution in [2.75, 3.05) is 24.6 Å². The molecule has 3 aliphatic rings. The second kappa shape index (κ2) is 14.5. The molecule has 3 saturated heterocycles. The largest absolute Gasteiger partial charge is 0.394 e. The van der Waals surface area contributed by atoms with Gasteiger partial charge in [0.15, 0.2) is 0 Å². The van der Waals surface area contributed by atoms with Crippen LogP contribution >= 0.6 is 0 Å². The van der Waals surface area contributed by atoms with E-state index in [0.29, 0.717) is 44.5 Å². The number of carbonyl (C=O) groups excluding carboxylic acids is 3. The van der Waals surface area contributed by atoms with Crippen LogP contribution in [0.4, 0.5) is 5.69 Å². The number of fused-ring (bicyclic) bond motifs is 2. The maximum Gasteiger partial charge on any atom is 0.253 e. The zero-order valence-corrected chi connectivity index (χ0v) is 29.8. The molecule has 1 N–H and O–H groups in total. The molecule has 0 aromatic heterocycles. The van der Waals surface area contributed by atoms with Crippen molar-refractivity contribution in [1.29, 1.82) is 0 Å². The zero-order chi connectivity index (χ0) is 36.5. The minimum absolute atomic E-state index is 0.181. The molecule has 4 aromatic carbocycles. The van der Waals surface area contributed by atoms with Gasteiger partial charge in [0.2, 0.25) is 11.8 Å². The van der Waals surface area contributed by atoms with Crippen molar-refractivity contribution in [3.8, 4) is 0 Å². The number of rotatable bonds is 14. The van der Waals surface area contributed by atoms with E-state index in [1.807, 2.05) is 110 Å². The van der Waals surface area contributed by atoms with Crippen LogP contribution in [-0.2, 0) is 32.1 Å². The van der Waals surface area contributed by atoms with E-state index in [1.54, 1.807) is 26.9 Å². The molecule has 268 valence electrons. The van der Waals surface area contributed by atoms with Crippen molar-refractivity contribution in [2.24, 2.45) is 11.8 Å². The van der Waals surface area contributed by atoms with Crippen molar-refractivity contribution in [3.63, 3.8) is 0 Å². The van der Waals surface area contributed by atoms with Gasteiger partial charge >= 0.3 is 0 Å². The van der Waals surface area contributed by atoms with Gasteiger partial charge in [-0.15, -0.1) is 13.2 Å². The Bertz CT molecular complexity index is 1970. The molecule has 8 heteroatoms. The number of benzene rings is 4. The average Bonchev–Trinajstić information content (AvgIpc) is 3.79. The van der Waals surface area contributed by atoms with Crippen molar-refractivity contribution in [2.45, 2.75) is 62.4 Å². The van der Waals surface area contributed by atoms with E-state index < -0.39 is 35.1 Å². The van der Waals surface area contributed by atoms with Crippen molar-refractivity contribution in [3.05, 3.63) is 140 Å². The minimum Gasteiger partial charge on any atom is -0.394 e. The standard InChI is InChI=1S/C44H47N3O5/c1-4-25-45(29-32-17-11-8-12-18-32)40(49)37-38-41(50)47(36(30-48)27-31-15-9-7-10-16-31)39(44(38)24-23-43(37,6-3)52-44)42(51)46(26-5-2)35-22-21-33-19-13-14-20-34(33)28-35/h4-5,7-22,28,36-39,48H,1-2,6,23-27,29-30H2,3H3/t36-,37+,38+,39?,43-,44?/m1/s1. The summed E-state index contributed by atoms with van der Waals surface area (Å²) in [6.45, 7) is 10.4. The lowest BCUT2D eigenvalue weighted by atomic mass is 9.64. The van der Waals surface area contributed by atoms with Crippen molar-refractivity contribution < 1.29 is 24.2 Å². The predicted molar refractivity (Wildman–Crippen MR) is 203 cm³/mol. The molecule has 3 heterocycles. The van der Waals surface area contributed by atoms with Crippen LogP contribution in [0.25, 0.3) is 10.8 Å². The van der Waals surface area contributed by atoms with Crippen LogP contribution in [0.5, 0.6) is 0 Å². The van der Waals surface area contributed by atoms with Gasteiger partial charge < -0.3 is 24.5 Å². The molecule has 3 amide bonds. The molecule has 8 nitrogen and oxygen atoms in total. The number of anilines is 1. The van der Waals surface area contributed by atoms with Gasteiger partial charge in [-0.05, 0) is 59.7 Å². The quantitative estimate of drug-likeness (QED) is 0.156. The third kappa shape index (κ3) is 5.94. The van der Waals surface area contributed by atoms with Crippen LogP contribution in [-0.4, -0.2) is 75.6 Å². The SMILES string of the molecule is C=CCN(Cc1ccccc1)C(=O)[C@@H]1[C@H]2C(=O)N([C@@H](CO)Cc3ccccc3)C(C(=O)N(CC=C)c3ccc4ccccc4c3)C23CC[C@@]1(CC)O3. The molecule has 6 atom stereocenters. The first-order valence-electron chi connectivity index (χ1n) is 18.3. The van der Waals surface area contributed by atoms with Gasteiger partial charge in [-0.25, -0.2) is 0 Å². The highest BCUT2D eigenvalue weighted by Crippen LogP contribution is 2.65. The summed E-state index contributed by atoms with van der Waals surface area (Å²) in [5, 5.41) is 13.0. The van der Waals surface area contributed by atoms with Gasteiger partial charge in [0.1, 0.15) is 11.6 Å². The maximum absolute atomic E-state index is 15.4. The fourth-order valence-corrected chi connectivity index (χ4v) is 9.17. The molecule has 2 bridgehead atoms. The molecule has 0 aliphatic carbocycles. The lowest BCUT2D eigenvalue weighted by Crippen LogP contribution is -2.59. The fourth-order valence-electron chi connectivity index (χ4n) is 9.17. The van der Waals surface area contributed by atoms with E-state index in [9.17, 15) is 9.90 Å². The smallest absolute Gasteiger partial charge is 0.253 e. The Hall–Kier alpha value is -5.05. The Morgan fingerprint density at radius 1 is 0.885 bits per heavy atom. The molecule has 0 radical (unpaired) electrons. The number of ether oxygens (including phenoxy) is 1. The highest BCUT2D eigenvalue weighted by molar-refractivity contribution is 6.06. The van der Waals surface area contributed by atoms with E-state index in [2.05, 4.69) is 13.2 Å². The summed E-state index contributed by atoms with van der Waals surface area (Å²) in [7, 11) is 0. The number of aliphatic hydroxyl groups excluding tert-OH is 1. The van der Waals surface area contributed by atoms with Crippen molar-refractivity contribution in [1.82, 2.24) is 9.80 Å². The highest BCUT2D eigenvalue weighted by atomic mass is 16.5. The summed E-state index contributed by atoms with van der Waals surface area (Å²) in [4.78, 5) is 50.6. The molecular formula is C44H47N3O5. The summed E-state index contributed by atoms with van der Waals surface area (Å²) in [6.07, 6.45) is 5.21. The Balaban J connectivity index is 1.34. The average molecular weight is 698 g/mol. The normalized spacial score (nSPS) is 25.2. The third-order valence-corrected chi connectivity index (χ3v) is 11.5. The Morgan fingerprint density at radius 3 is 2.19 bits per heavy atom. The molecule has 1 spiro atoms. The molecule has 4 aromatic rings. The number of carbonyl (C=O) groups is 3. The third-order valence-electron chi connectivity index (χ3n) is 11.5. The van der Waals surface area contributed by atoms with E-state index >= 15 is 9.59 Å². The maximum atomic E-state index is 15.4. The molecule has 0 saturated carbocycles. The molecule has 2 unspecified atom stereocenters. The fraction of sp³-hybridized carbons (Fsp3) is 0.341. The second-order valence-electron chi connectivity index (χ2n) is 14.4. The van der Waals surface area contributed by atoms with E-state index in [0.717, 1.165) is 21.9 Å². The van der Waals surface area contributed by atoms with Crippen LogP contribution in [0.3, 0.4) is 0 Å². The molecular weight excluding hydrogens is 651 g/mol. The second-order valence-corrected chi connectivity index (χ2v) is 14.4. The van der Waals surface area contributed by atoms with Gasteiger partial charge in [-0.3, -0.25) is 14.4 Å². The molecule has 52 heavy (non-hydrogen) atoms. The van der Waals surface area contributed by atoms with Gasteiger partial charge in [-0.1, -0.05) is 110 Å². The van der Waals surface area contributed by atoms with E-state index in [-0.39, 0.29) is 30.9 Å². The lowest BCUT2D eigenvalue weighted by molar-refractivity contribution is -0.153. The van der Waals surface area contributed by atoms with Gasteiger partial charge in [0.05, 0.1) is 30.1 Å². The van der Waals surface area contributed by atoms with Gasteiger partial charge in [0.25, 0.3) is 5.91 Å². The van der Waals surface area contributed by atoms with Crippen molar-refractivity contribution >= 4 is 34.2 Å². The van der Waals surface area contributed by atoms with E-state index in [4.69, 9.17) is 4.74 Å². The molecule has 7 rings (SSSR count). The first-order chi connectivity index (χ1) is 25.3. The topological polar surface area (TPSA) is 90.4 Å². The van der Waals surface area contributed by atoms with Crippen LogP contribution in [0.1, 0.15) is 37.3 Å². The van der Waals surface area contributed by atoms with Crippen LogP contribution < -0.4 is 4.90 Å². The number of nitrogens with zero attached hydrogens (tertiary/aromatic N) is 3. The monoisotopic (exact) mass is 697 g/mol. The highest BCUT2D eigenvalue weighted by Gasteiger charge is 2.79. The zero-order valence-electron chi connectivity index (χ0n) is 29.8. The first-order valence-corrected chi connectivity index (χ1v) is 18.3.